The van der Waals surface area contributed by atoms with E-state index in [0.29, 0.717) is 38.5 Å². The largest absolute Gasteiger partial charge is 0.369 e. The Bertz CT molecular complexity index is 1230. The highest BCUT2D eigenvalue weighted by Gasteiger charge is 2.66. The molecule has 2 bridgehead atoms. The number of carbonyl (C=O) groups is 1. The molecule has 216 valence electrons. The summed E-state index contributed by atoms with van der Waals surface area (Å²) in [5, 5.41) is 3.05. The van der Waals surface area contributed by atoms with Crippen LogP contribution in [0.3, 0.4) is 0 Å². The molecule has 2 saturated carbocycles. The molecule has 0 spiro atoms. The van der Waals surface area contributed by atoms with Crippen LogP contribution >= 0.6 is 12.4 Å². The number of nitrogens with one attached hydrogen (secondary N) is 1. The van der Waals surface area contributed by atoms with E-state index >= 15 is 0 Å². The van der Waals surface area contributed by atoms with E-state index in [1.165, 1.54) is 5.56 Å². The van der Waals surface area contributed by atoms with Crippen molar-refractivity contribution in [3.63, 3.8) is 0 Å². The van der Waals surface area contributed by atoms with Crippen LogP contribution in [0.15, 0.2) is 24.3 Å². The molecule has 0 aromatic heterocycles. The predicted octanol–water partition coefficient (Wildman–Crippen LogP) is 1.94. The molecule has 12 heteroatoms. The SMILES string of the molecule is Cc1ccccc1N1CCN(S(=O)(=O)C[C@@]23CC[C@H](CC2NC(=O)[C@H](N)CCS(C)(=O)=O)C3(C)C)CC1.Cl. The summed E-state index contributed by atoms with van der Waals surface area (Å²) in [5.41, 5.74) is 7.50. The second-order valence-electron chi connectivity index (χ2n) is 11.9. The standard InChI is InChI=1S/C26H42N4O5S2.ClH/c1-19-7-5-6-8-22(19)29-12-14-30(15-13-29)37(34,35)18-26-11-9-20(25(26,2)3)17-23(26)28-24(31)21(27)10-16-36(4,32)33;/h5-8,20-21,23H,9-18,27H2,1-4H3,(H,28,31);1H/t20-,21-,23?,26+;/m1./s1. The third-order valence-corrected chi connectivity index (χ3v) is 12.4. The fourth-order valence-electron chi connectivity index (χ4n) is 6.92. The van der Waals surface area contributed by atoms with Crippen LogP contribution in [0.2, 0.25) is 0 Å². The number of nitrogens with zero attached hydrogens (tertiary/aromatic N) is 2. The second kappa shape index (κ2) is 11.2. The van der Waals surface area contributed by atoms with Crippen molar-refractivity contribution in [2.75, 3.05) is 48.8 Å². The highest BCUT2D eigenvalue weighted by atomic mass is 35.5. The lowest BCUT2D eigenvalue weighted by Gasteiger charge is -2.44. The number of benzene rings is 1. The van der Waals surface area contributed by atoms with Crippen molar-refractivity contribution >= 4 is 43.9 Å². The summed E-state index contributed by atoms with van der Waals surface area (Å²) in [5.74, 6) is -0.245. The Balaban J connectivity index is 0.00000400. The Kier molecular flexibility index (Phi) is 9.20. The molecule has 2 aliphatic carbocycles. The number of nitrogens with two attached hydrogens (primary N) is 1. The first-order chi connectivity index (χ1) is 17.2. The van der Waals surface area contributed by atoms with Crippen molar-refractivity contribution in [2.24, 2.45) is 22.5 Å². The summed E-state index contributed by atoms with van der Waals surface area (Å²) in [6.07, 6.45) is 3.55. The number of aryl methyl sites for hydroxylation is 1. The van der Waals surface area contributed by atoms with Gasteiger partial charge in [-0.25, -0.2) is 16.8 Å². The molecule has 38 heavy (non-hydrogen) atoms. The Morgan fingerprint density at radius 3 is 2.34 bits per heavy atom. The quantitative estimate of drug-likeness (QED) is 0.449. The van der Waals surface area contributed by atoms with Gasteiger partial charge < -0.3 is 16.0 Å². The van der Waals surface area contributed by atoms with Crippen LogP contribution in [0.25, 0.3) is 0 Å². The van der Waals surface area contributed by atoms with Crippen molar-refractivity contribution in [3.05, 3.63) is 29.8 Å². The maximum Gasteiger partial charge on any atom is 0.237 e. The topological polar surface area (TPSA) is 130 Å². The molecule has 1 heterocycles. The van der Waals surface area contributed by atoms with E-state index in [1.54, 1.807) is 4.31 Å². The van der Waals surface area contributed by atoms with E-state index in [1.807, 2.05) is 12.1 Å². The van der Waals surface area contributed by atoms with Crippen LogP contribution in [0.5, 0.6) is 0 Å². The smallest absolute Gasteiger partial charge is 0.237 e. The maximum atomic E-state index is 13.8. The van der Waals surface area contributed by atoms with Crippen molar-refractivity contribution in [2.45, 2.75) is 58.5 Å². The third-order valence-electron chi connectivity index (χ3n) is 9.41. The lowest BCUT2D eigenvalue weighted by molar-refractivity contribution is -0.124. The van der Waals surface area contributed by atoms with Crippen LogP contribution in [0, 0.1) is 23.7 Å². The van der Waals surface area contributed by atoms with Gasteiger partial charge in [-0.15, -0.1) is 12.4 Å². The third kappa shape index (κ3) is 6.01. The Labute approximate surface area is 234 Å². The number of hydrogen-bond donors (Lipinski definition) is 2. The molecule has 3 fully saturated rings. The number of anilines is 1. The number of piperazine rings is 1. The zero-order valence-electron chi connectivity index (χ0n) is 22.9. The van der Waals surface area contributed by atoms with E-state index in [-0.39, 0.29) is 41.8 Å². The molecule has 4 rings (SSSR count). The van der Waals surface area contributed by atoms with Crippen LogP contribution in [0.4, 0.5) is 5.69 Å². The van der Waals surface area contributed by atoms with Gasteiger partial charge in [0.1, 0.15) is 9.84 Å². The van der Waals surface area contributed by atoms with Gasteiger partial charge in [-0.2, -0.15) is 4.31 Å². The lowest BCUT2D eigenvalue weighted by Crippen LogP contribution is -2.57. The fraction of sp³-hybridized carbons (Fsp3) is 0.731. The van der Waals surface area contributed by atoms with Crippen LogP contribution in [-0.4, -0.2) is 83.1 Å². The summed E-state index contributed by atoms with van der Waals surface area (Å²) in [6, 6.07) is 6.90. The summed E-state index contributed by atoms with van der Waals surface area (Å²) in [7, 11) is -6.80. The van der Waals surface area contributed by atoms with Gasteiger partial charge in [0, 0.05) is 49.6 Å². The van der Waals surface area contributed by atoms with Crippen molar-refractivity contribution in [3.8, 4) is 0 Å². The van der Waals surface area contributed by atoms with Gasteiger partial charge in [-0.1, -0.05) is 32.0 Å². The number of hydrogen-bond acceptors (Lipinski definition) is 7. The highest BCUT2D eigenvalue weighted by Crippen LogP contribution is 2.66. The molecular formula is C26H43ClN4O5S2. The Hall–Kier alpha value is -1.40. The number of sulfone groups is 1. The summed E-state index contributed by atoms with van der Waals surface area (Å²) in [4.78, 5) is 15.2. The molecule has 3 aliphatic rings. The number of sulfonamides is 1. The van der Waals surface area contributed by atoms with E-state index < -0.39 is 37.2 Å². The Morgan fingerprint density at radius 1 is 1.13 bits per heavy atom. The second-order valence-corrected chi connectivity index (χ2v) is 16.1. The van der Waals surface area contributed by atoms with Gasteiger partial charge in [0.2, 0.25) is 15.9 Å². The minimum Gasteiger partial charge on any atom is -0.369 e. The summed E-state index contributed by atoms with van der Waals surface area (Å²) in [6.45, 7) is 8.47. The zero-order valence-corrected chi connectivity index (χ0v) is 25.3. The molecule has 9 nitrogen and oxygen atoms in total. The molecule has 1 aromatic rings. The number of para-hydroxylation sites is 1. The predicted molar refractivity (Wildman–Crippen MR) is 154 cm³/mol. The Morgan fingerprint density at radius 2 is 1.76 bits per heavy atom. The van der Waals surface area contributed by atoms with Crippen molar-refractivity contribution in [1.82, 2.24) is 9.62 Å². The monoisotopic (exact) mass is 590 g/mol. The van der Waals surface area contributed by atoms with E-state index in [2.05, 4.69) is 43.1 Å². The first kappa shape index (κ1) is 31.1. The summed E-state index contributed by atoms with van der Waals surface area (Å²) < 4.78 is 52.2. The van der Waals surface area contributed by atoms with Gasteiger partial charge in [0.15, 0.2) is 0 Å². The number of rotatable bonds is 9. The summed E-state index contributed by atoms with van der Waals surface area (Å²) >= 11 is 0. The van der Waals surface area contributed by atoms with Crippen molar-refractivity contribution in [1.29, 1.82) is 0 Å². The minimum absolute atomic E-state index is 0. The molecular weight excluding hydrogens is 548 g/mol. The number of carbonyl (C=O) groups excluding carboxylic acids is 1. The molecule has 3 N–H and O–H groups in total. The van der Waals surface area contributed by atoms with Gasteiger partial charge in [-0.3, -0.25) is 4.79 Å². The van der Waals surface area contributed by atoms with E-state index in [4.69, 9.17) is 5.73 Å². The van der Waals surface area contributed by atoms with Gasteiger partial charge >= 0.3 is 0 Å². The maximum absolute atomic E-state index is 13.8. The minimum atomic E-state index is -3.57. The van der Waals surface area contributed by atoms with E-state index in [0.717, 1.165) is 24.8 Å². The molecule has 1 unspecified atom stereocenters. The van der Waals surface area contributed by atoms with Crippen molar-refractivity contribution < 1.29 is 21.6 Å². The number of halogens is 1. The fourth-order valence-corrected chi connectivity index (χ4v) is 9.87. The average Bonchev–Trinajstić information content (AvgIpc) is 3.17. The normalized spacial score (nSPS) is 28.1. The molecule has 1 aromatic carbocycles. The van der Waals surface area contributed by atoms with Crippen LogP contribution in [-0.2, 0) is 24.7 Å². The lowest BCUT2D eigenvalue weighted by atomic mass is 9.69. The number of fused-ring (bicyclic) bond motifs is 2. The molecule has 0 radical (unpaired) electrons. The molecule has 1 saturated heterocycles. The molecule has 4 atom stereocenters. The van der Waals surface area contributed by atoms with Crippen LogP contribution in [0.1, 0.15) is 45.1 Å². The van der Waals surface area contributed by atoms with E-state index in [9.17, 15) is 21.6 Å². The van der Waals surface area contributed by atoms with Gasteiger partial charge in [0.25, 0.3) is 0 Å². The van der Waals surface area contributed by atoms with Gasteiger partial charge in [0.05, 0.1) is 17.5 Å². The zero-order chi connectivity index (χ0) is 27.2. The average molecular weight is 591 g/mol. The first-order valence-electron chi connectivity index (χ1n) is 13.2. The van der Waals surface area contributed by atoms with Gasteiger partial charge in [-0.05, 0) is 55.6 Å². The first-order valence-corrected chi connectivity index (χ1v) is 16.9. The highest BCUT2D eigenvalue weighted by molar-refractivity contribution is 7.90. The van der Waals surface area contributed by atoms with Crippen LogP contribution < -0.4 is 16.0 Å². The number of amides is 1. The molecule has 1 aliphatic heterocycles. The molecule has 1 amide bonds.